The van der Waals surface area contributed by atoms with Crippen LogP contribution in [0.15, 0.2) is 36.4 Å². The molecule has 0 radical (unpaired) electrons. The van der Waals surface area contributed by atoms with Gasteiger partial charge in [0, 0.05) is 11.6 Å². The van der Waals surface area contributed by atoms with Gasteiger partial charge in [-0.05, 0) is 48.9 Å². The van der Waals surface area contributed by atoms with Gasteiger partial charge in [0.25, 0.3) is 0 Å². The van der Waals surface area contributed by atoms with E-state index in [9.17, 15) is 9.59 Å². The van der Waals surface area contributed by atoms with Crippen molar-refractivity contribution in [2.75, 3.05) is 11.9 Å². The van der Waals surface area contributed by atoms with Crippen LogP contribution in [-0.2, 0) is 9.59 Å². The van der Waals surface area contributed by atoms with Crippen molar-refractivity contribution >= 4 is 17.6 Å². The van der Waals surface area contributed by atoms with Crippen LogP contribution in [0.4, 0.5) is 5.69 Å². The average Bonchev–Trinajstić information content (AvgIpc) is 3.09. The van der Waals surface area contributed by atoms with Gasteiger partial charge in [-0.1, -0.05) is 12.2 Å². The molecule has 3 atom stereocenters. The summed E-state index contributed by atoms with van der Waals surface area (Å²) < 4.78 is 5.05. The first kappa shape index (κ1) is 13.7. The number of carboxylic acids is 1. The molecule has 0 saturated heterocycles. The Morgan fingerprint density at radius 2 is 1.95 bits per heavy atom. The van der Waals surface area contributed by atoms with E-state index in [0.717, 1.165) is 12.8 Å². The molecule has 2 N–H and O–H groups in total. The zero-order chi connectivity index (χ0) is 14.8. The molecule has 1 aromatic rings. The maximum atomic E-state index is 12.3. The highest BCUT2D eigenvalue weighted by Gasteiger charge is 2.39. The van der Waals surface area contributed by atoms with E-state index in [4.69, 9.17) is 9.84 Å². The van der Waals surface area contributed by atoms with Crippen molar-refractivity contribution in [3.05, 3.63) is 36.4 Å². The molecule has 2 bridgehead atoms. The molecule has 21 heavy (non-hydrogen) atoms. The fraction of sp³-hybridized carbons (Fsp3) is 0.375. The van der Waals surface area contributed by atoms with Gasteiger partial charge >= 0.3 is 5.97 Å². The molecule has 3 unspecified atom stereocenters. The van der Waals surface area contributed by atoms with E-state index in [0.29, 0.717) is 23.3 Å². The molecular formula is C16H17NO4. The maximum Gasteiger partial charge on any atom is 0.341 e. The van der Waals surface area contributed by atoms with Gasteiger partial charge in [0.15, 0.2) is 6.61 Å². The predicted molar refractivity (Wildman–Crippen MR) is 77.0 cm³/mol. The first-order chi connectivity index (χ1) is 10.1. The van der Waals surface area contributed by atoms with Gasteiger partial charge in [-0.2, -0.15) is 0 Å². The standard InChI is InChI=1S/C16H17NO4/c18-15(19)9-21-13-5-3-12(4-6-13)17-16(20)14-8-10-1-2-11(14)7-10/h1-6,10-11,14H,7-9H2,(H,17,20)(H,18,19). The van der Waals surface area contributed by atoms with Crippen LogP contribution in [0.1, 0.15) is 12.8 Å². The van der Waals surface area contributed by atoms with Crippen LogP contribution in [0, 0.1) is 17.8 Å². The van der Waals surface area contributed by atoms with Crippen LogP contribution >= 0.6 is 0 Å². The molecule has 0 aromatic heterocycles. The summed E-state index contributed by atoms with van der Waals surface area (Å²) in [6.45, 7) is -0.372. The van der Waals surface area contributed by atoms with E-state index < -0.39 is 5.97 Å². The van der Waals surface area contributed by atoms with Crippen molar-refractivity contribution in [2.45, 2.75) is 12.8 Å². The van der Waals surface area contributed by atoms with Gasteiger partial charge in [-0.25, -0.2) is 4.79 Å². The van der Waals surface area contributed by atoms with Gasteiger partial charge in [0.05, 0.1) is 0 Å². The molecule has 3 rings (SSSR count). The van der Waals surface area contributed by atoms with Crippen LogP contribution in [0.5, 0.6) is 5.75 Å². The molecule has 1 amide bonds. The third-order valence-electron chi connectivity index (χ3n) is 4.10. The molecule has 0 spiro atoms. The third-order valence-corrected chi connectivity index (χ3v) is 4.10. The number of carboxylic acid groups (broad SMARTS) is 1. The van der Waals surface area contributed by atoms with E-state index >= 15 is 0 Å². The largest absolute Gasteiger partial charge is 0.482 e. The lowest BCUT2D eigenvalue weighted by molar-refractivity contribution is -0.139. The van der Waals surface area contributed by atoms with Crippen LogP contribution < -0.4 is 10.1 Å². The number of aliphatic carboxylic acids is 1. The highest BCUT2D eigenvalue weighted by atomic mass is 16.5. The highest BCUT2D eigenvalue weighted by molar-refractivity contribution is 5.93. The van der Waals surface area contributed by atoms with Crippen LogP contribution in [0.25, 0.3) is 0 Å². The van der Waals surface area contributed by atoms with Crippen molar-refractivity contribution in [1.29, 1.82) is 0 Å². The summed E-state index contributed by atoms with van der Waals surface area (Å²) in [6.07, 6.45) is 6.40. The Morgan fingerprint density at radius 3 is 2.52 bits per heavy atom. The Hall–Kier alpha value is -2.30. The minimum Gasteiger partial charge on any atom is -0.482 e. The lowest BCUT2D eigenvalue weighted by Gasteiger charge is -2.17. The molecule has 1 aromatic carbocycles. The van der Waals surface area contributed by atoms with Crippen molar-refractivity contribution in [3.8, 4) is 5.75 Å². The number of carbonyl (C=O) groups is 2. The summed E-state index contributed by atoms with van der Waals surface area (Å²) in [7, 11) is 0. The first-order valence-corrected chi connectivity index (χ1v) is 7.05. The number of anilines is 1. The number of hydrogen-bond acceptors (Lipinski definition) is 3. The SMILES string of the molecule is O=C(O)COc1ccc(NC(=O)C2CC3C=CC2C3)cc1. The number of amides is 1. The molecule has 5 heteroatoms. The fourth-order valence-corrected chi connectivity index (χ4v) is 3.10. The number of rotatable bonds is 5. The Balaban J connectivity index is 1.56. The predicted octanol–water partition coefficient (Wildman–Crippen LogP) is 2.30. The van der Waals surface area contributed by atoms with E-state index in [-0.39, 0.29) is 18.4 Å². The monoisotopic (exact) mass is 287 g/mol. The second-order valence-corrected chi connectivity index (χ2v) is 5.58. The molecule has 110 valence electrons. The van der Waals surface area contributed by atoms with E-state index in [1.165, 1.54) is 0 Å². The van der Waals surface area contributed by atoms with Crippen LogP contribution in [0.2, 0.25) is 0 Å². The molecule has 2 aliphatic rings. The summed E-state index contributed by atoms with van der Waals surface area (Å²) in [5, 5.41) is 11.4. The number of carbonyl (C=O) groups excluding carboxylic acids is 1. The van der Waals surface area contributed by atoms with Crippen LogP contribution in [0.3, 0.4) is 0 Å². The van der Waals surface area contributed by atoms with Gasteiger partial charge in [-0.3, -0.25) is 4.79 Å². The number of allylic oxidation sites excluding steroid dienone is 2. The Bertz CT molecular complexity index is 578. The van der Waals surface area contributed by atoms with E-state index in [1.807, 2.05) is 0 Å². The molecular weight excluding hydrogens is 270 g/mol. The molecule has 2 aliphatic carbocycles. The van der Waals surface area contributed by atoms with Crippen molar-refractivity contribution in [2.24, 2.45) is 17.8 Å². The smallest absolute Gasteiger partial charge is 0.341 e. The highest BCUT2D eigenvalue weighted by Crippen LogP contribution is 2.43. The second kappa shape index (κ2) is 5.60. The molecule has 1 fully saturated rings. The number of fused-ring (bicyclic) bond motifs is 2. The summed E-state index contributed by atoms with van der Waals surface area (Å²) >= 11 is 0. The molecule has 1 saturated carbocycles. The summed E-state index contributed by atoms with van der Waals surface area (Å²) in [4.78, 5) is 22.7. The number of ether oxygens (including phenoxy) is 1. The first-order valence-electron chi connectivity index (χ1n) is 7.05. The summed E-state index contributed by atoms with van der Waals surface area (Å²) in [5.41, 5.74) is 0.703. The van der Waals surface area contributed by atoms with Crippen LogP contribution in [-0.4, -0.2) is 23.6 Å². The minimum atomic E-state index is -1.02. The van der Waals surface area contributed by atoms with Crippen molar-refractivity contribution in [1.82, 2.24) is 0 Å². The zero-order valence-corrected chi connectivity index (χ0v) is 11.5. The number of nitrogens with one attached hydrogen (secondary N) is 1. The van der Waals surface area contributed by atoms with E-state index in [2.05, 4.69) is 17.5 Å². The lowest BCUT2D eigenvalue weighted by Crippen LogP contribution is -2.25. The van der Waals surface area contributed by atoms with Gasteiger partial charge in [0.1, 0.15) is 5.75 Å². The maximum absolute atomic E-state index is 12.3. The van der Waals surface area contributed by atoms with Gasteiger partial charge < -0.3 is 15.2 Å². The summed E-state index contributed by atoms with van der Waals surface area (Å²) in [6, 6.07) is 6.74. The third kappa shape index (κ3) is 3.07. The second-order valence-electron chi connectivity index (χ2n) is 5.58. The quantitative estimate of drug-likeness (QED) is 0.815. The Labute approximate surface area is 122 Å². The van der Waals surface area contributed by atoms with Crippen molar-refractivity contribution in [3.63, 3.8) is 0 Å². The normalized spacial score (nSPS) is 25.8. The fourth-order valence-electron chi connectivity index (χ4n) is 3.10. The van der Waals surface area contributed by atoms with Gasteiger partial charge in [0.2, 0.25) is 5.91 Å². The molecule has 0 aliphatic heterocycles. The summed E-state index contributed by atoms with van der Waals surface area (Å²) in [5.74, 6) is 0.537. The van der Waals surface area contributed by atoms with Crippen molar-refractivity contribution < 1.29 is 19.4 Å². The minimum absolute atomic E-state index is 0.0612. The van der Waals surface area contributed by atoms with E-state index in [1.54, 1.807) is 24.3 Å². The topological polar surface area (TPSA) is 75.6 Å². The average molecular weight is 287 g/mol. The Morgan fingerprint density at radius 1 is 1.19 bits per heavy atom. The number of hydrogen-bond donors (Lipinski definition) is 2. The zero-order valence-electron chi connectivity index (χ0n) is 11.5. The number of benzene rings is 1. The Kier molecular flexibility index (Phi) is 3.64. The van der Waals surface area contributed by atoms with Gasteiger partial charge in [-0.15, -0.1) is 0 Å². The molecule has 0 heterocycles. The molecule has 5 nitrogen and oxygen atoms in total. The lowest BCUT2D eigenvalue weighted by atomic mass is 9.93.